The molecular formula is C43H78N2O6P+. The summed E-state index contributed by atoms with van der Waals surface area (Å²) in [5, 5.41) is 13.7. The van der Waals surface area contributed by atoms with Crippen LogP contribution in [0.15, 0.2) is 72.9 Å². The molecule has 0 aliphatic carbocycles. The van der Waals surface area contributed by atoms with Crippen molar-refractivity contribution in [1.29, 1.82) is 0 Å². The fraction of sp³-hybridized carbons (Fsp3) is 0.698. The van der Waals surface area contributed by atoms with Gasteiger partial charge in [-0.05, 0) is 77.0 Å². The number of hydrogen-bond donors (Lipinski definition) is 3. The fourth-order valence-corrected chi connectivity index (χ4v) is 5.88. The van der Waals surface area contributed by atoms with E-state index in [0.29, 0.717) is 17.4 Å². The molecule has 0 aliphatic heterocycles. The van der Waals surface area contributed by atoms with E-state index in [0.717, 1.165) is 70.6 Å². The Bertz CT molecular complexity index is 1080. The molecule has 0 radical (unpaired) electrons. The average Bonchev–Trinajstić information content (AvgIpc) is 3.09. The van der Waals surface area contributed by atoms with E-state index < -0.39 is 20.0 Å². The first kappa shape index (κ1) is 49.9. The van der Waals surface area contributed by atoms with E-state index >= 15 is 0 Å². The van der Waals surface area contributed by atoms with Gasteiger partial charge in [-0.1, -0.05) is 132 Å². The lowest BCUT2D eigenvalue weighted by Gasteiger charge is -2.25. The number of phosphoric acid groups is 1. The Balaban J connectivity index is 4.64. The first-order valence-corrected chi connectivity index (χ1v) is 21.8. The minimum absolute atomic E-state index is 0.0440. The van der Waals surface area contributed by atoms with Gasteiger partial charge in [0.05, 0.1) is 39.9 Å². The predicted octanol–water partition coefficient (Wildman–Crippen LogP) is 10.9. The van der Waals surface area contributed by atoms with E-state index in [1.165, 1.54) is 51.4 Å². The normalized spacial score (nSPS) is 15.3. The molecule has 8 nitrogen and oxygen atoms in total. The molecule has 0 saturated carbocycles. The Hall–Kier alpha value is -2.06. The highest BCUT2D eigenvalue weighted by Gasteiger charge is 2.27. The molecule has 3 atom stereocenters. The van der Waals surface area contributed by atoms with E-state index in [1.54, 1.807) is 6.08 Å². The van der Waals surface area contributed by atoms with Gasteiger partial charge in [0.25, 0.3) is 0 Å². The third-order valence-electron chi connectivity index (χ3n) is 8.39. The van der Waals surface area contributed by atoms with Gasteiger partial charge in [-0.3, -0.25) is 13.8 Å². The quantitative estimate of drug-likeness (QED) is 0.0258. The predicted molar refractivity (Wildman–Crippen MR) is 221 cm³/mol. The number of hydrogen-bond acceptors (Lipinski definition) is 5. The van der Waals surface area contributed by atoms with E-state index in [-0.39, 0.29) is 19.1 Å². The van der Waals surface area contributed by atoms with Crippen LogP contribution in [0, 0.1) is 0 Å². The molecule has 3 N–H and O–H groups in total. The van der Waals surface area contributed by atoms with Crippen LogP contribution in [0.25, 0.3) is 0 Å². The summed E-state index contributed by atoms with van der Waals surface area (Å²) in [7, 11) is 1.51. The number of aliphatic hydroxyl groups is 1. The second kappa shape index (κ2) is 34.7. The monoisotopic (exact) mass is 750 g/mol. The number of phosphoric ester groups is 1. The summed E-state index contributed by atoms with van der Waals surface area (Å²) in [6.07, 6.45) is 45.5. The number of carbonyl (C=O) groups excluding carboxylic acids is 1. The van der Waals surface area contributed by atoms with Crippen molar-refractivity contribution in [3.8, 4) is 0 Å². The lowest BCUT2D eigenvalue weighted by molar-refractivity contribution is -0.870. The number of carbonyl (C=O) groups is 1. The number of nitrogens with one attached hydrogen (secondary N) is 1. The number of nitrogens with zero attached hydrogens (tertiary/aromatic N) is 1. The van der Waals surface area contributed by atoms with Crippen LogP contribution in [-0.4, -0.2) is 73.4 Å². The molecular weight excluding hydrogens is 671 g/mol. The van der Waals surface area contributed by atoms with Gasteiger partial charge >= 0.3 is 7.82 Å². The third-order valence-corrected chi connectivity index (χ3v) is 9.37. The summed E-state index contributed by atoms with van der Waals surface area (Å²) in [4.78, 5) is 23.0. The van der Waals surface area contributed by atoms with Crippen LogP contribution in [0.2, 0.25) is 0 Å². The number of quaternary nitrogens is 1. The van der Waals surface area contributed by atoms with Gasteiger partial charge in [-0.15, -0.1) is 0 Å². The van der Waals surface area contributed by atoms with Crippen molar-refractivity contribution in [2.75, 3.05) is 40.9 Å². The van der Waals surface area contributed by atoms with Crippen molar-refractivity contribution in [3.05, 3.63) is 72.9 Å². The summed E-state index contributed by atoms with van der Waals surface area (Å²) in [5.74, 6) is -0.225. The Labute approximate surface area is 319 Å². The molecule has 1 amide bonds. The number of aliphatic hydroxyl groups excluding tert-OH is 1. The second-order valence-electron chi connectivity index (χ2n) is 14.6. The standard InChI is InChI=1S/C43H77N2O6P/c1-6-8-10-12-14-16-18-20-21-22-23-25-26-28-30-32-34-36-42(46)41(40-51-52(48,49)50-39-38-45(3,4)5)44-43(47)37-35-33-31-29-27-24-19-17-15-13-11-9-7-2/h9,11,15,17,21-22,24,26-28,34,36,41-42,46H,6-8,10,12-14,16,18-20,23,25,29-33,35,37-40H2,1-5H3,(H-,44,47,48,49)/p+1/b11-9-,17-15-,22-21+,27-24-,28-26+,36-34+. The molecule has 3 unspecified atom stereocenters. The highest BCUT2D eigenvalue weighted by Crippen LogP contribution is 2.43. The molecule has 0 bridgehead atoms. The largest absolute Gasteiger partial charge is 0.472 e. The first-order valence-electron chi connectivity index (χ1n) is 20.3. The van der Waals surface area contributed by atoms with Gasteiger partial charge in [0, 0.05) is 6.42 Å². The molecule has 0 heterocycles. The molecule has 0 aromatic carbocycles. The Morgan fingerprint density at radius 1 is 0.673 bits per heavy atom. The minimum atomic E-state index is -4.36. The summed E-state index contributed by atoms with van der Waals surface area (Å²) in [5.41, 5.74) is 0. The molecule has 0 saturated heterocycles. The lowest BCUT2D eigenvalue weighted by Crippen LogP contribution is -2.45. The third kappa shape index (κ3) is 36.3. The number of allylic oxidation sites excluding steroid dienone is 11. The first-order chi connectivity index (χ1) is 25.0. The molecule has 300 valence electrons. The maximum Gasteiger partial charge on any atom is 0.472 e. The maximum atomic E-state index is 12.8. The molecule has 0 fully saturated rings. The van der Waals surface area contributed by atoms with Crippen molar-refractivity contribution < 1.29 is 32.9 Å². The number of likely N-dealkylation sites (N-methyl/N-ethyl adjacent to an activating group) is 1. The average molecular weight is 750 g/mol. The van der Waals surface area contributed by atoms with E-state index in [4.69, 9.17) is 9.05 Å². The molecule has 0 rings (SSSR count). The molecule has 0 aliphatic rings. The van der Waals surface area contributed by atoms with Gasteiger partial charge < -0.3 is 19.8 Å². The van der Waals surface area contributed by atoms with E-state index in [2.05, 4.69) is 79.9 Å². The summed E-state index contributed by atoms with van der Waals surface area (Å²) in [6.45, 7) is 4.60. The van der Waals surface area contributed by atoms with Crippen LogP contribution in [0.5, 0.6) is 0 Å². The lowest BCUT2D eigenvalue weighted by atomic mass is 10.1. The Kier molecular flexibility index (Phi) is 33.3. The SMILES string of the molecule is CC/C=C\C/C=C\C/C=C\CCCCCC(=O)NC(COP(=O)(O)OCC[N+](C)(C)C)C(O)/C=C/CC/C=C/CC/C=C/CCCCCCCCC. The van der Waals surface area contributed by atoms with E-state index in [1.807, 2.05) is 27.2 Å². The van der Waals surface area contributed by atoms with Crippen LogP contribution in [0.4, 0.5) is 0 Å². The van der Waals surface area contributed by atoms with Gasteiger partial charge in [-0.2, -0.15) is 0 Å². The van der Waals surface area contributed by atoms with Crippen molar-refractivity contribution >= 4 is 13.7 Å². The number of unbranched alkanes of at least 4 members (excludes halogenated alkanes) is 12. The molecule has 0 spiro atoms. The van der Waals surface area contributed by atoms with Gasteiger partial charge in [-0.25, -0.2) is 4.57 Å². The smallest absolute Gasteiger partial charge is 0.387 e. The van der Waals surface area contributed by atoms with Gasteiger partial charge in [0.2, 0.25) is 5.91 Å². The number of amides is 1. The molecule has 9 heteroatoms. The highest BCUT2D eigenvalue weighted by atomic mass is 31.2. The minimum Gasteiger partial charge on any atom is -0.387 e. The van der Waals surface area contributed by atoms with Crippen LogP contribution >= 0.6 is 7.82 Å². The molecule has 0 aromatic rings. The van der Waals surface area contributed by atoms with E-state index in [9.17, 15) is 19.4 Å². The number of rotatable bonds is 35. The van der Waals surface area contributed by atoms with Crippen LogP contribution in [0.3, 0.4) is 0 Å². The van der Waals surface area contributed by atoms with Crippen LogP contribution in [-0.2, 0) is 18.4 Å². The fourth-order valence-electron chi connectivity index (χ4n) is 5.14. The Morgan fingerprint density at radius 2 is 1.17 bits per heavy atom. The summed E-state index contributed by atoms with van der Waals surface area (Å²) in [6, 6.07) is -0.886. The molecule has 0 aromatic heterocycles. The topological polar surface area (TPSA) is 105 Å². The van der Waals surface area contributed by atoms with Crippen molar-refractivity contribution in [2.24, 2.45) is 0 Å². The highest BCUT2D eigenvalue weighted by molar-refractivity contribution is 7.47. The maximum absolute atomic E-state index is 12.8. The van der Waals surface area contributed by atoms with Crippen molar-refractivity contribution in [3.63, 3.8) is 0 Å². The van der Waals surface area contributed by atoms with Crippen LogP contribution in [0.1, 0.15) is 142 Å². The molecule has 52 heavy (non-hydrogen) atoms. The summed E-state index contributed by atoms with van der Waals surface area (Å²) >= 11 is 0. The zero-order chi connectivity index (χ0) is 38.6. The Morgan fingerprint density at radius 3 is 1.77 bits per heavy atom. The van der Waals surface area contributed by atoms with Crippen molar-refractivity contribution in [1.82, 2.24) is 5.32 Å². The van der Waals surface area contributed by atoms with Crippen molar-refractivity contribution in [2.45, 2.75) is 154 Å². The summed E-state index contributed by atoms with van der Waals surface area (Å²) < 4.78 is 23.4. The zero-order valence-corrected chi connectivity index (χ0v) is 34.7. The zero-order valence-electron chi connectivity index (χ0n) is 33.8. The van der Waals surface area contributed by atoms with Gasteiger partial charge in [0.1, 0.15) is 13.2 Å². The van der Waals surface area contributed by atoms with Crippen LogP contribution < -0.4 is 5.32 Å². The second-order valence-corrected chi connectivity index (χ2v) is 16.1. The van der Waals surface area contributed by atoms with Gasteiger partial charge in [0.15, 0.2) is 0 Å².